The molecule has 2 rings (SSSR count). The lowest BCUT2D eigenvalue weighted by Crippen LogP contribution is -2.53. The third-order valence-electron chi connectivity index (χ3n) is 3.05. The number of hydrogen-bond acceptors (Lipinski definition) is 3. The van der Waals surface area contributed by atoms with Crippen molar-refractivity contribution in [2.75, 3.05) is 26.2 Å². The van der Waals surface area contributed by atoms with Crippen LogP contribution in [0.4, 0.5) is 4.79 Å². The van der Waals surface area contributed by atoms with E-state index in [-0.39, 0.29) is 18.0 Å². The molecule has 1 aliphatic rings. The molecular weight excluding hydrogens is 298 g/mol. The maximum Gasteiger partial charge on any atom is 0.317 e. The zero-order valence-corrected chi connectivity index (χ0v) is 13.1. The Labute approximate surface area is 127 Å². The predicted octanol–water partition coefficient (Wildman–Crippen LogP) is 2.28. The van der Waals surface area contributed by atoms with Crippen LogP contribution in [-0.4, -0.2) is 54.0 Å². The average molecular weight is 316 g/mol. The summed E-state index contributed by atoms with van der Waals surface area (Å²) in [5.41, 5.74) is 0. The molecule has 1 N–H and O–H groups in total. The van der Waals surface area contributed by atoms with Crippen molar-refractivity contribution in [2.24, 2.45) is 0 Å². The Morgan fingerprint density at radius 1 is 1.20 bits per heavy atom. The molecule has 2 heterocycles. The first-order valence-corrected chi connectivity index (χ1v) is 7.77. The lowest BCUT2D eigenvalue weighted by molar-refractivity contribution is 0.0668. The highest BCUT2D eigenvalue weighted by Gasteiger charge is 2.25. The molecule has 0 unspecified atom stereocenters. The van der Waals surface area contributed by atoms with Gasteiger partial charge in [-0.3, -0.25) is 4.79 Å². The van der Waals surface area contributed by atoms with E-state index in [4.69, 9.17) is 11.6 Å². The maximum absolute atomic E-state index is 12.2. The lowest BCUT2D eigenvalue weighted by Gasteiger charge is -2.34. The van der Waals surface area contributed by atoms with Gasteiger partial charge in [0.25, 0.3) is 5.91 Å². The quantitative estimate of drug-likeness (QED) is 0.910. The Hall–Kier alpha value is -1.27. The molecule has 1 fully saturated rings. The number of amides is 3. The Kier molecular flexibility index (Phi) is 4.88. The Bertz CT molecular complexity index is 496. The van der Waals surface area contributed by atoms with Gasteiger partial charge in [0.15, 0.2) is 0 Å². The predicted molar refractivity (Wildman–Crippen MR) is 80.5 cm³/mol. The van der Waals surface area contributed by atoms with Crippen LogP contribution in [0.5, 0.6) is 0 Å². The molecular formula is C13H18ClN3O2S. The van der Waals surface area contributed by atoms with Crippen molar-refractivity contribution < 1.29 is 9.59 Å². The number of nitrogens with one attached hydrogen (secondary N) is 1. The van der Waals surface area contributed by atoms with E-state index >= 15 is 0 Å². The monoisotopic (exact) mass is 315 g/mol. The van der Waals surface area contributed by atoms with Gasteiger partial charge in [-0.15, -0.1) is 11.3 Å². The van der Waals surface area contributed by atoms with Crippen LogP contribution in [0, 0.1) is 0 Å². The van der Waals surface area contributed by atoms with Gasteiger partial charge in [0.05, 0.1) is 9.21 Å². The van der Waals surface area contributed by atoms with Crippen LogP contribution in [0.2, 0.25) is 4.34 Å². The summed E-state index contributed by atoms with van der Waals surface area (Å²) in [7, 11) is 0. The standard InChI is InChI=1S/C13H18ClN3O2S/c1-9(2)15-13(19)17-7-5-16(6-8-17)12(18)10-3-4-11(14)20-10/h3-4,9H,5-8H2,1-2H3,(H,15,19). The minimum absolute atomic E-state index is 0.00850. The number of urea groups is 1. The summed E-state index contributed by atoms with van der Waals surface area (Å²) in [6, 6.07) is 3.53. The van der Waals surface area contributed by atoms with Gasteiger partial charge in [0, 0.05) is 32.2 Å². The first-order chi connectivity index (χ1) is 9.47. The molecule has 3 amide bonds. The van der Waals surface area contributed by atoms with Crippen LogP contribution in [0.25, 0.3) is 0 Å². The van der Waals surface area contributed by atoms with Crippen LogP contribution in [0.3, 0.4) is 0 Å². The van der Waals surface area contributed by atoms with Crippen LogP contribution in [0.1, 0.15) is 23.5 Å². The fourth-order valence-corrected chi connectivity index (χ4v) is 3.05. The molecule has 0 spiro atoms. The van der Waals surface area contributed by atoms with Gasteiger partial charge in [-0.25, -0.2) is 4.79 Å². The summed E-state index contributed by atoms with van der Waals surface area (Å²) in [6.45, 7) is 6.09. The van der Waals surface area contributed by atoms with Crippen LogP contribution in [0.15, 0.2) is 12.1 Å². The third kappa shape index (κ3) is 3.64. The van der Waals surface area contributed by atoms with Crippen molar-refractivity contribution in [3.8, 4) is 0 Å². The number of hydrogen-bond donors (Lipinski definition) is 1. The van der Waals surface area contributed by atoms with E-state index in [2.05, 4.69) is 5.32 Å². The van der Waals surface area contributed by atoms with Gasteiger partial charge in [-0.1, -0.05) is 11.6 Å². The fraction of sp³-hybridized carbons (Fsp3) is 0.538. The highest BCUT2D eigenvalue weighted by Crippen LogP contribution is 2.23. The van der Waals surface area contributed by atoms with E-state index in [1.54, 1.807) is 21.9 Å². The van der Waals surface area contributed by atoms with Crippen LogP contribution >= 0.6 is 22.9 Å². The fourth-order valence-electron chi connectivity index (χ4n) is 2.04. The molecule has 110 valence electrons. The second kappa shape index (κ2) is 6.45. The number of piperazine rings is 1. The molecule has 20 heavy (non-hydrogen) atoms. The van der Waals surface area contributed by atoms with Crippen molar-refractivity contribution >= 4 is 34.9 Å². The number of rotatable bonds is 2. The van der Waals surface area contributed by atoms with E-state index in [9.17, 15) is 9.59 Å². The van der Waals surface area contributed by atoms with Crippen LogP contribution < -0.4 is 5.32 Å². The molecule has 0 bridgehead atoms. The number of carbonyl (C=O) groups excluding carboxylic acids is 2. The number of thiophene rings is 1. The SMILES string of the molecule is CC(C)NC(=O)N1CCN(C(=O)c2ccc(Cl)s2)CC1. The molecule has 1 aromatic rings. The van der Waals surface area contributed by atoms with Gasteiger partial charge < -0.3 is 15.1 Å². The van der Waals surface area contributed by atoms with Crippen molar-refractivity contribution in [1.82, 2.24) is 15.1 Å². The van der Waals surface area contributed by atoms with E-state index in [0.717, 1.165) is 0 Å². The lowest BCUT2D eigenvalue weighted by atomic mass is 10.3. The van der Waals surface area contributed by atoms with Crippen molar-refractivity contribution in [2.45, 2.75) is 19.9 Å². The largest absolute Gasteiger partial charge is 0.336 e. The molecule has 7 heteroatoms. The highest BCUT2D eigenvalue weighted by molar-refractivity contribution is 7.17. The van der Waals surface area contributed by atoms with Gasteiger partial charge >= 0.3 is 6.03 Å². The zero-order valence-electron chi connectivity index (χ0n) is 11.6. The minimum atomic E-state index is -0.0636. The second-order valence-electron chi connectivity index (χ2n) is 4.99. The molecule has 1 aliphatic heterocycles. The summed E-state index contributed by atoms with van der Waals surface area (Å²) in [5, 5.41) is 2.86. The Morgan fingerprint density at radius 3 is 2.30 bits per heavy atom. The van der Waals surface area contributed by atoms with E-state index in [1.165, 1.54) is 11.3 Å². The summed E-state index contributed by atoms with van der Waals surface area (Å²) < 4.78 is 0.614. The third-order valence-corrected chi connectivity index (χ3v) is 4.27. The molecule has 0 aromatic carbocycles. The highest BCUT2D eigenvalue weighted by atomic mass is 35.5. The molecule has 0 aliphatic carbocycles. The minimum Gasteiger partial charge on any atom is -0.336 e. The molecule has 0 radical (unpaired) electrons. The first-order valence-electron chi connectivity index (χ1n) is 6.57. The summed E-state index contributed by atoms with van der Waals surface area (Å²) in [5.74, 6) is -0.00850. The number of halogens is 1. The average Bonchev–Trinajstić information content (AvgIpc) is 2.84. The van der Waals surface area contributed by atoms with Crippen LogP contribution in [-0.2, 0) is 0 Å². The molecule has 5 nitrogen and oxygen atoms in total. The summed E-state index contributed by atoms with van der Waals surface area (Å²) >= 11 is 7.13. The second-order valence-corrected chi connectivity index (χ2v) is 6.70. The Balaban J connectivity index is 1.88. The topological polar surface area (TPSA) is 52.7 Å². The normalized spacial score (nSPS) is 15.6. The molecule has 0 atom stereocenters. The Morgan fingerprint density at radius 2 is 1.80 bits per heavy atom. The van der Waals surface area contributed by atoms with E-state index < -0.39 is 0 Å². The van der Waals surface area contributed by atoms with Gasteiger partial charge in [-0.2, -0.15) is 0 Å². The smallest absolute Gasteiger partial charge is 0.317 e. The molecule has 1 aromatic heterocycles. The zero-order chi connectivity index (χ0) is 14.7. The first kappa shape index (κ1) is 15.1. The molecule has 1 saturated heterocycles. The van der Waals surface area contributed by atoms with Gasteiger partial charge in [-0.05, 0) is 26.0 Å². The van der Waals surface area contributed by atoms with Gasteiger partial charge in [0.1, 0.15) is 0 Å². The van der Waals surface area contributed by atoms with E-state index in [1.807, 2.05) is 13.8 Å². The summed E-state index contributed by atoms with van der Waals surface area (Å²) in [4.78, 5) is 28.2. The van der Waals surface area contributed by atoms with Crippen molar-refractivity contribution in [1.29, 1.82) is 0 Å². The molecule has 0 saturated carbocycles. The van der Waals surface area contributed by atoms with Crippen molar-refractivity contribution in [3.63, 3.8) is 0 Å². The summed E-state index contributed by atoms with van der Waals surface area (Å²) in [6.07, 6.45) is 0. The van der Waals surface area contributed by atoms with E-state index in [0.29, 0.717) is 35.4 Å². The number of nitrogens with zero attached hydrogens (tertiary/aromatic N) is 2. The van der Waals surface area contributed by atoms with Crippen molar-refractivity contribution in [3.05, 3.63) is 21.3 Å². The van der Waals surface area contributed by atoms with Gasteiger partial charge in [0.2, 0.25) is 0 Å². The maximum atomic E-state index is 12.2. The number of carbonyl (C=O) groups is 2.